The van der Waals surface area contributed by atoms with Crippen molar-refractivity contribution in [3.8, 4) is 23.0 Å². The number of carbonyl (C=O) groups excluding carboxylic acids is 2. The highest BCUT2D eigenvalue weighted by atomic mass is 16.4. The van der Waals surface area contributed by atoms with Crippen LogP contribution in [0.1, 0.15) is 44.7 Å². The minimum absolute atomic E-state index is 0.120. The summed E-state index contributed by atoms with van der Waals surface area (Å²) in [5.41, 5.74) is -2.61. The molecule has 4 aliphatic rings. The second kappa shape index (κ2) is 16.9. The molecule has 0 bridgehead atoms. The molecular weight excluding hydrogens is 792 g/mol. The fraction of sp³-hybridized carbons (Fsp3) is 0.421. The Labute approximate surface area is 336 Å². The monoisotopic (exact) mass is 834 g/mol. The van der Waals surface area contributed by atoms with Gasteiger partial charge >= 0.3 is 11.4 Å². The maximum absolute atomic E-state index is 13.8. The Balaban J connectivity index is 1.38. The van der Waals surface area contributed by atoms with Crippen molar-refractivity contribution in [1.82, 2.24) is 38.2 Å². The number of benzene rings is 2. The average molecular weight is 835 g/mol. The molecule has 0 aliphatic carbocycles. The van der Waals surface area contributed by atoms with Gasteiger partial charge < -0.3 is 50.0 Å². The molecule has 2 aromatic carbocycles. The summed E-state index contributed by atoms with van der Waals surface area (Å²) in [6, 6.07) is 6.43. The molecule has 22 heteroatoms. The third-order valence-corrected chi connectivity index (χ3v) is 10.5. The van der Waals surface area contributed by atoms with Crippen LogP contribution in [0.2, 0.25) is 0 Å². The molecule has 4 heterocycles. The van der Waals surface area contributed by atoms with E-state index in [4.69, 9.17) is 0 Å². The molecule has 60 heavy (non-hydrogen) atoms. The highest BCUT2D eigenvalue weighted by molar-refractivity contribution is 5.88. The minimum atomic E-state index is -1.86. The number of aromatic nitrogens is 8. The number of carbonyl (C=O) groups is 2. The van der Waals surface area contributed by atoms with Crippen LogP contribution in [0, 0.1) is 27.7 Å². The summed E-state index contributed by atoms with van der Waals surface area (Å²) in [6.45, 7) is 4.14. The normalized spacial score (nSPS) is 15.1. The summed E-state index contributed by atoms with van der Waals surface area (Å²) in [5, 5.41) is 80.5. The molecule has 4 aliphatic heterocycles. The zero-order valence-corrected chi connectivity index (χ0v) is 32.6. The van der Waals surface area contributed by atoms with Crippen LogP contribution in [0.15, 0.2) is 43.4 Å². The first-order valence-corrected chi connectivity index (χ1v) is 18.5. The van der Waals surface area contributed by atoms with Crippen LogP contribution in [0.5, 0.6) is 0 Å². The van der Waals surface area contributed by atoms with Gasteiger partial charge in [-0.25, -0.2) is 19.6 Å². The van der Waals surface area contributed by atoms with E-state index in [2.05, 4.69) is 19.9 Å². The van der Waals surface area contributed by atoms with Crippen molar-refractivity contribution in [3.05, 3.63) is 88.2 Å². The molecule has 0 saturated carbocycles. The fourth-order valence-electron chi connectivity index (χ4n) is 6.75. The maximum Gasteiger partial charge on any atom is 0.359 e. The van der Waals surface area contributed by atoms with Crippen molar-refractivity contribution in [1.29, 1.82) is 0 Å². The molecular formula is C38H42N8O14. The Morgan fingerprint density at radius 1 is 0.533 bits per heavy atom. The molecule has 0 saturated heterocycles. The van der Waals surface area contributed by atoms with Crippen molar-refractivity contribution < 1.29 is 50.4 Å². The zero-order valence-electron chi connectivity index (χ0n) is 32.6. The number of aliphatic hydroxyl groups excluding tert-OH is 8. The number of rotatable bonds is 13. The van der Waals surface area contributed by atoms with E-state index >= 15 is 0 Å². The fourth-order valence-corrected chi connectivity index (χ4v) is 6.75. The lowest BCUT2D eigenvalue weighted by molar-refractivity contribution is -0.0802. The van der Waals surface area contributed by atoms with Crippen LogP contribution in [0.3, 0.4) is 0 Å². The van der Waals surface area contributed by atoms with Gasteiger partial charge in [0.25, 0.3) is 11.1 Å². The number of hydrogen-bond acceptors (Lipinski definition) is 18. The predicted molar refractivity (Wildman–Crippen MR) is 209 cm³/mol. The largest absolute Gasteiger partial charge is 0.394 e. The van der Waals surface area contributed by atoms with Crippen molar-refractivity contribution in [2.24, 2.45) is 0 Å². The SMILES string of the molecule is Cc1cc2nc3c(=O)n(C(=O)CCC(=O)n4c(=O)nc5n(CC(O)C(O)C(O)CO)c6cc(C)c(C)cc6nc-5c4=O)c(=O)nc-3n(CC(O)C(O)C(O)CO)c2cc1C. The lowest BCUT2D eigenvalue weighted by Gasteiger charge is -2.25. The highest BCUT2D eigenvalue weighted by Crippen LogP contribution is 2.27. The Kier molecular flexibility index (Phi) is 12.3. The van der Waals surface area contributed by atoms with Crippen LogP contribution in [-0.4, -0.2) is 141 Å². The molecule has 0 aromatic heterocycles. The third-order valence-electron chi connectivity index (χ3n) is 10.5. The molecule has 6 unspecified atom stereocenters. The predicted octanol–water partition coefficient (Wildman–Crippen LogP) is -3.43. The molecule has 22 nitrogen and oxygen atoms in total. The molecule has 8 N–H and O–H groups in total. The summed E-state index contributed by atoms with van der Waals surface area (Å²) in [6.07, 6.45) is -12.5. The lowest BCUT2D eigenvalue weighted by Crippen LogP contribution is -2.45. The second-order valence-electron chi connectivity index (χ2n) is 14.6. The van der Waals surface area contributed by atoms with Gasteiger partial charge in [-0.1, -0.05) is 0 Å². The first-order valence-electron chi connectivity index (χ1n) is 18.5. The molecule has 0 fully saturated rings. The lowest BCUT2D eigenvalue weighted by atomic mass is 10.1. The Morgan fingerprint density at radius 2 is 0.867 bits per heavy atom. The van der Waals surface area contributed by atoms with Gasteiger partial charge in [0.05, 0.1) is 48.4 Å². The molecule has 6 atom stereocenters. The number of hydrogen-bond donors (Lipinski definition) is 8. The smallest absolute Gasteiger partial charge is 0.359 e. The quantitative estimate of drug-likeness (QED) is 0.0525. The van der Waals surface area contributed by atoms with E-state index in [0.717, 1.165) is 22.3 Å². The topological polar surface area (TPSA) is 336 Å². The van der Waals surface area contributed by atoms with Crippen molar-refractivity contribution in [2.45, 2.75) is 90.2 Å². The molecule has 318 valence electrons. The molecule has 0 spiro atoms. The number of fused-ring (bicyclic) bond motifs is 4. The van der Waals surface area contributed by atoms with Crippen LogP contribution in [0.25, 0.3) is 45.1 Å². The van der Waals surface area contributed by atoms with E-state index in [0.29, 0.717) is 0 Å². The van der Waals surface area contributed by atoms with Crippen molar-refractivity contribution in [2.75, 3.05) is 13.2 Å². The van der Waals surface area contributed by atoms with Gasteiger partial charge in [-0.05, 0) is 74.2 Å². The van der Waals surface area contributed by atoms with E-state index in [9.17, 15) is 69.6 Å². The first kappa shape index (κ1) is 43.6. The second-order valence-corrected chi connectivity index (χ2v) is 14.6. The van der Waals surface area contributed by atoms with Gasteiger partial charge in [-0.2, -0.15) is 19.1 Å². The van der Waals surface area contributed by atoms with E-state index in [-0.39, 0.29) is 31.2 Å². The van der Waals surface area contributed by atoms with Crippen molar-refractivity contribution in [3.63, 3.8) is 0 Å². The van der Waals surface area contributed by atoms with Gasteiger partial charge in [-0.15, -0.1) is 0 Å². The first-order chi connectivity index (χ1) is 28.3. The average Bonchev–Trinajstić information content (AvgIpc) is 3.20. The van der Waals surface area contributed by atoms with Crippen LogP contribution in [-0.2, 0) is 13.1 Å². The third kappa shape index (κ3) is 7.89. The van der Waals surface area contributed by atoms with E-state index in [1.807, 2.05) is 0 Å². The standard InChI is InChI=1S/C38H42N8O14/c1-15-7-19-21(9-17(15)3)43(11-23(49)31(55)25(51)13-47)33-29(39-19)35(57)45(37(59)41-33)27(53)5-6-28(54)46-36(58)30-34(42-38(46)60)44(12-24(50)32(56)26(52)14-48)22-10-18(4)16(2)8-20(22)40-30/h7-10,23-26,31-32,47-52,55-56H,5-6,11-14H2,1-4H3. The van der Waals surface area contributed by atoms with E-state index in [1.165, 1.54) is 9.13 Å². The Morgan fingerprint density at radius 3 is 1.20 bits per heavy atom. The highest BCUT2D eigenvalue weighted by Gasteiger charge is 2.32. The molecule has 6 rings (SSSR count). The van der Waals surface area contributed by atoms with Crippen LogP contribution >= 0.6 is 0 Å². The number of aryl methyl sites for hydroxylation is 4. The van der Waals surface area contributed by atoms with E-state index in [1.54, 1.807) is 52.0 Å². The number of aliphatic hydroxyl groups is 8. The van der Waals surface area contributed by atoms with Crippen molar-refractivity contribution >= 4 is 33.9 Å². The van der Waals surface area contributed by atoms with Gasteiger partial charge in [0.1, 0.15) is 36.6 Å². The summed E-state index contributed by atoms with van der Waals surface area (Å²) in [7, 11) is 0. The maximum atomic E-state index is 13.8. The van der Waals surface area contributed by atoms with E-state index < -0.39 is 133 Å². The summed E-state index contributed by atoms with van der Waals surface area (Å²) < 4.78 is 2.63. The Hall–Kier alpha value is -5.98. The van der Waals surface area contributed by atoms with Gasteiger partial charge in [0, 0.05) is 12.8 Å². The van der Waals surface area contributed by atoms with Crippen LogP contribution in [0.4, 0.5) is 0 Å². The summed E-state index contributed by atoms with van der Waals surface area (Å²) >= 11 is 0. The Bertz CT molecular complexity index is 2660. The van der Waals surface area contributed by atoms with Crippen LogP contribution < -0.4 is 22.5 Å². The van der Waals surface area contributed by atoms with Gasteiger partial charge in [0.15, 0.2) is 23.0 Å². The van der Waals surface area contributed by atoms with Gasteiger partial charge in [0.2, 0.25) is 11.8 Å². The molecule has 0 amide bonds. The summed E-state index contributed by atoms with van der Waals surface area (Å²) in [5.74, 6) is -3.32. The molecule has 0 radical (unpaired) electrons. The zero-order chi connectivity index (χ0) is 44.1. The molecule has 2 aromatic rings. The minimum Gasteiger partial charge on any atom is -0.394 e. The number of nitrogens with zero attached hydrogens (tertiary/aromatic N) is 8. The van der Waals surface area contributed by atoms with Gasteiger partial charge in [-0.3, -0.25) is 19.2 Å². The summed E-state index contributed by atoms with van der Waals surface area (Å²) in [4.78, 5) is 97.7.